The molecule has 0 N–H and O–H groups in total. The number of thiophene rings is 2. The lowest BCUT2D eigenvalue weighted by atomic mass is 10.2. The molecule has 0 aliphatic carbocycles. The van der Waals surface area contributed by atoms with Crippen molar-refractivity contribution in [1.29, 1.82) is 0 Å². The van der Waals surface area contributed by atoms with Gasteiger partial charge in [0.15, 0.2) is 0 Å². The van der Waals surface area contributed by atoms with Gasteiger partial charge in [-0.1, -0.05) is 6.92 Å². The molecular weight excluding hydrogens is 184 g/mol. The Labute approximate surface area is 80.9 Å². The zero-order chi connectivity index (χ0) is 8.72. The van der Waals surface area contributed by atoms with E-state index in [2.05, 4.69) is 26.2 Å². The molecule has 0 spiro atoms. The van der Waals surface area contributed by atoms with Crippen LogP contribution < -0.4 is 0 Å². The minimum Gasteiger partial charge on any atom is -0.142 e. The Bertz CT molecular complexity index is 407. The molecule has 0 aliphatic heterocycles. The summed E-state index contributed by atoms with van der Waals surface area (Å²) in [4.78, 5) is 1.56. The quantitative estimate of drug-likeness (QED) is 0.643. The predicted octanol–water partition coefficient (Wildman–Crippen LogP) is 4.14. The van der Waals surface area contributed by atoms with E-state index < -0.39 is 0 Å². The van der Waals surface area contributed by atoms with E-state index in [9.17, 15) is 0 Å². The first-order valence-electron chi connectivity index (χ1n) is 4.20. The topological polar surface area (TPSA) is 0 Å². The summed E-state index contributed by atoms with van der Waals surface area (Å²) in [6.07, 6.45) is 1.18. The van der Waals surface area contributed by atoms with Gasteiger partial charge in [-0.15, -0.1) is 22.7 Å². The molecule has 0 saturated heterocycles. The van der Waals surface area contributed by atoms with E-state index in [-0.39, 0.29) is 0 Å². The lowest BCUT2D eigenvalue weighted by Gasteiger charge is -1.89. The van der Waals surface area contributed by atoms with Crippen LogP contribution in [0.3, 0.4) is 0 Å². The van der Waals surface area contributed by atoms with Crippen molar-refractivity contribution in [3.05, 3.63) is 21.4 Å². The van der Waals surface area contributed by atoms with Crippen LogP contribution in [0.2, 0.25) is 0 Å². The molecule has 12 heavy (non-hydrogen) atoms. The summed E-state index contributed by atoms with van der Waals surface area (Å²) in [6, 6.07) is 0. The van der Waals surface area contributed by atoms with E-state index in [1.165, 1.54) is 26.9 Å². The molecule has 0 fully saturated rings. The first-order valence-corrected chi connectivity index (χ1v) is 5.89. The van der Waals surface area contributed by atoms with Gasteiger partial charge in [-0.3, -0.25) is 0 Å². The summed E-state index contributed by atoms with van der Waals surface area (Å²) in [5, 5.41) is 2.26. The maximum Gasteiger partial charge on any atom is 0.0485 e. The lowest BCUT2D eigenvalue weighted by molar-refractivity contribution is 1.16. The van der Waals surface area contributed by atoms with Gasteiger partial charge in [0.05, 0.1) is 0 Å². The van der Waals surface area contributed by atoms with Crippen LogP contribution in [0.1, 0.15) is 22.9 Å². The van der Waals surface area contributed by atoms with E-state index >= 15 is 0 Å². The summed E-state index contributed by atoms with van der Waals surface area (Å²) in [6.45, 7) is 6.68. The fourth-order valence-electron chi connectivity index (χ4n) is 1.48. The second-order valence-corrected chi connectivity index (χ2v) is 5.07. The molecule has 0 radical (unpaired) electrons. The molecule has 0 aromatic carbocycles. The molecule has 0 aliphatic rings. The van der Waals surface area contributed by atoms with Crippen molar-refractivity contribution in [2.24, 2.45) is 0 Å². The standard InChI is InChI=1S/C10H12S2/c1-4-8-7(3)10-9(12-8)6(2)5-11-10/h5H,4H2,1-3H3. The second kappa shape index (κ2) is 2.86. The summed E-state index contributed by atoms with van der Waals surface area (Å²) in [7, 11) is 0. The van der Waals surface area contributed by atoms with Gasteiger partial charge in [0.1, 0.15) is 0 Å². The second-order valence-electron chi connectivity index (χ2n) is 3.08. The van der Waals surface area contributed by atoms with Crippen molar-refractivity contribution in [2.75, 3.05) is 0 Å². The molecule has 2 aromatic heterocycles. The first kappa shape index (κ1) is 8.27. The number of rotatable bonds is 1. The highest BCUT2D eigenvalue weighted by atomic mass is 32.1. The Hall–Kier alpha value is -0.340. The van der Waals surface area contributed by atoms with Crippen molar-refractivity contribution < 1.29 is 0 Å². The van der Waals surface area contributed by atoms with Gasteiger partial charge in [0, 0.05) is 14.3 Å². The Balaban J connectivity index is 2.79. The molecule has 2 heteroatoms. The third-order valence-corrected chi connectivity index (χ3v) is 5.14. The summed E-state index contributed by atoms with van der Waals surface area (Å²) in [5.41, 5.74) is 2.96. The van der Waals surface area contributed by atoms with Gasteiger partial charge in [-0.2, -0.15) is 0 Å². The summed E-state index contributed by atoms with van der Waals surface area (Å²) < 4.78 is 3.02. The molecule has 2 aromatic rings. The van der Waals surface area contributed by atoms with Crippen molar-refractivity contribution >= 4 is 32.1 Å². The van der Waals surface area contributed by atoms with Crippen molar-refractivity contribution in [2.45, 2.75) is 27.2 Å². The molecule has 0 saturated carbocycles. The maximum absolute atomic E-state index is 2.26. The number of hydrogen-bond acceptors (Lipinski definition) is 2. The average molecular weight is 196 g/mol. The predicted molar refractivity (Wildman–Crippen MR) is 58.6 cm³/mol. The SMILES string of the molecule is CCc1sc2c(C)csc2c1C. The molecule has 0 unspecified atom stereocenters. The Morgan fingerprint density at radius 3 is 2.58 bits per heavy atom. The van der Waals surface area contributed by atoms with E-state index in [1.807, 2.05) is 22.7 Å². The molecule has 0 amide bonds. The monoisotopic (exact) mass is 196 g/mol. The minimum absolute atomic E-state index is 1.18. The Morgan fingerprint density at radius 1 is 1.25 bits per heavy atom. The highest BCUT2D eigenvalue weighted by Crippen LogP contribution is 2.37. The summed E-state index contributed by atoms with van der Waals surface area (Å²) >= 11 is 3.85. The van der Waals surface area contributed by atoms with Crippen LogP contribution in [0.4, 0.5) is 0 Å². The Morgan fingerprint density at radius 2 is 2.00 bits per heavy atom. The molecule has 0 bridgehead atoms. The van der Waals surface area contributed by atoms with Gasteiger partial charge in [0.25, 0.3) is 0 Å². The molecular formula is C10H12S2. The average Bonchev–Trinajstić information content (AvgIpc) is 2.55. The largest absolute Gasteiger partial charge is 0.142 e. The van der Waals surface area contributed by atoms with Crippen molar-refractivity contribution in [3.63, 3.8) is 0 Å². The highest BCUT2D eigenvalue weighted by molar-refractivity contribution is 7.27. The number of aryl methyl sites for hydroxylation is 3. The van der Waals surface area contributed by atoms with Crippen LogP contribution >= 0.6 is 22.7 Å². The fourth-order valence-corrected chi connectivity index (χ4v) is 3.98. The highest BCUT2D eigenvalue weighted by Gasteiger charge is 2.09. The van der Waals surface area contributed by atoms with Gasteiger partial charge < -0.3 is 0 Å². The van der Waals surface area contributed by atoms with Crippen LogP contribution in [-0.2, 0) is 6.42 Å². The summed E-state index contributed by atoms with van der Waals surface area (Å²) in [5.74, 6) is 0. The van der Waals surface area contributed by atoms with Crippen LogP contribution in [0.25, 0.3) is 9.40 Å². The van der Waals surface area contributed by atoms with Crippen LogP contribution in [-0.4, -0.2) is 0 Å². The fraction of sp³-hybridized carbons (Fsp3) is 0.400. The van der Waals surface area contributed by atoms with Crippen LogP contribution in [0.15, 0.2) is 5.38 Å². The normalized spacial score (nSPS) is 11.2. The van der Waals surface area contributed by atoms with Crippen molar-refractivity contribution in [3.8, 4) is 0 Å². The zero-order valence-corrected chi connectivity index (χ0v) is 9.23. The van der Waals surface area contributed by atoms with Gasteiger partial charge in [-0.25, -0.2) is 0 Å². The lowest BCUT2D eigenvalue weighted by Crippen LogP contribution is -1.73. The van der Waals surface area contributed by atoms with Crippen LogP contribution in [0.5, 0.6) is 0 Å². The molecule has 0 nitrogen and oxygen atoms in total. The van der Waals surface area contributed by atoms with E-state index in [0.717, 1.165) is 0 Å². The zero-order valence-electron chi connectivity index (χ0n) is 7.60. The van der Waals surface area contributed by atoms with Crippen molar-refractivity contribution in [1.82, 2.24) is 0 Å². The maximum atomic E-state index is 2.26. The third kappa shape index (κ3) is 1.02. The van der Waals surface area contributed by atoms with Crippen LogP contribution in [0, 0.1) is 13.8 Å². The number of hydrogen-bond donors (Lipinski definition) is 0. The smallest absolute Gasteiger partial charge is 0.0485 e. The Kier molecular flexibility index (Phi) is 1.97. The van der Waals surface area contributed by atoms with E-state index in [1.54, 1.807) is 4.88 Å². The first-order chi connectivity index (χ1) is 5.74. The van der Waals surface area contributed by atoms with Gasteiger partial charge in [0.2, 0.25) is 0 Å². The molecule has 2 rings (SSSR count). The van der Waals surface area contributed by atoms with Gasteiger partial charge in [-0.05, 0) is 36.8 Å². The van der Waals surface area contributed by atoms with E-state index in [4.69, 9.17) is 0 Å². The third-order valence-electron chi connectivity index (χ3n) is 2.22. The number of fused-ring (bicyclic) bond motifs is 1. The molecule has 2 heterocycles. The molecule has 64 valence electrons. The van der Waals surface area contributed by atoms with E-state index in [0.29, 0.717) is 0 Å². The minimum atomic E-state index is 1.18. The molecule has 0 atom stereocenters. The van der Waals surface area contributed by atoms with Gasteiger partial charge >= 0.3 is 0 Å².